The van der Waals surface area contributed by atoms with E-state index < -0.39 is 0 Å². The van der Waals surface area contributed by atoms with Crippen molar-refractivity contribution in [1.29, 1.82) is 0 Å². The third-order valence-electron chi connectivity index (χ3n) is 1.35. The van der Waals surface area contributed by atoms with Crippen LogP contribution >= 0.6 is 0 Å². The molecule has 0 aliphatic carbocycles. The van der Waals surface area contributed by atoms with Crippen LogP contribution in [-0.4, -0.2) is 6.29 Å². The predicted octanol–water partition coefficient (Wildman–Crippen LogP) is 1.19. The fourth-order valence-corrected chi connectivity index (χ4v) is 0.800. The van der Waals surface area contributed by atoms with Crippen LogP contribution in [0.3, 0.4) is 0 Å². The van der Waals surface area contributed by atoms with Crippen molar-refractivity contribution in [1.82, 2.24) is 0 Å². The third kappa shape index (κ3) is 1.93. The van der Waals surface area contributed by atoms with Crippen LogP contribution in [0.5, 0.6) is 0 Å². The van der Waals surface area contributed by atoms with E-state index in [9.17, 15) is 4.79 Å². The van der Waals surface area contributed by atoms with Gasteiger partial charge in [-0.25, -0.2) is 0 Å². The van der Waals surface area contributed by atoms with Crippen molar-refractivity contribution in [2.75, 3.05) is 0 Å². The smallest absolute Gasteiger partial charge is 0.144 e. The molecular weight excluding hydrogens is 138 g/mol. The standard InChI is InChI=1S/C9H9NO/c10-9(6-7-11)8-4-2-1-3-5-8/h1-7H,10H2/b9-6+. The van der Waals surface area contributed by atoms with E-state index in [0.717, 1.165) is 5.56 Å². The van der Waals surface area contributed by atoms with Gasteiger partial charge in [-0.2, -0.15) is 0 Å². The second-order valence-corrected chi connectivity index (χ2v) is 2.12. The minimum absolute atomic E-state index is 0.501. The van der Waals surface area contributed by atoms with Crippen molar-refractivity contribution in [2.24, 2.45) is 5.73 Å². The average molecular weight is 147 g/mol. The van der Waals surface area contributed by atoms with E-state index in [1.54, 1.807) is 0 Å². The second-order valence-electron chi connectivity index (χ2n) is 2.12. The van der Waals surface area contributed by atoms with Crippen LogP contribution in [0, 0.1) is 0 Å². The molecule has 0 unspecified atom stereocenters. The van der Waals surface area contributed by atoms with Gasteiger partial charge < -0.3 is 5.73 Å². The molecule has 0 amide bonds. The van der Waals surface area contributed by atoms with Gasteiger partial charge in [0.25, 0.3) is 0 Å². The molecule has 0 aromatic heterocycles. The first-order chi connectivity index (χ1) is 5.34. The number of nitrogens with two attached hydrogens (primary N) is 1. The average Bonchev–Trinajstić information content (AvgIpc) is 2.07. The van der Waals surface area contributed by atoms with E-state index in [1.807, 2.05) is 30.3 Å². The SMILES string of the molecule is N/C(=C/C=O)c1ccccc1. The number of benzene rings is 1. The Balaban J connectivity index is 2.94. The lowest BCUT2D eigenvalue weighted by atomic mass is 10.2. The molecule has 56 valence electrons. The van der Waals surface area contributed by atoms with Gasteiger partial charge in [0, 0.05) is 11.8 Å². The summed E-state index contributed by atoms with van der Waals surface area (Å²) in [5, 5.41) is 0. The molecule has 0 spiro atoms. The summed E-state index contributed by atoms with van der Waals surface area (Å²) in [6.45, 7) is 0. The van der Waals surface area contributed by atoms with Crippen LogP contribution in [0.1, 0.15) is 5.56 Å². The molecule has 2 heteroatoms. The molecule has 1 aromatic rings. The van der Waals surface area contributed by atoms with Gasteiger partial charge in [-0.1, -0.05) is 30.3 Å². The van der Waals surface area contributed by atoms with Crippen LogP contribution in [-0.2, 0) is 4.79 Å². The minimum Gasteiger partial charge on any atom is -0.398 e. The quantitative estimate of drug-likeness (QED) is 0.504. The Kier molecular flexibility index (Phi) is 2.44. The highest BCUT2D eigenvalue weighted by Crippen LogP contribution is 2.05. The normalized spacial score (nSPS) is 11.1. The second kappa shape index (κ2) is 3.56. The summed E-state index contributed by atoms with van der Waals surface area (Å²) in [5.41, 5.74) is 6.91. The van der Waals surface area contributed by atoms with Gasteiger partial charge in [-0.15, -0.1) is 0 Å². The summed E-state index contributed by atoms with van der Waals surface area (Å²) in [6, 6.07) is 9.37. The zero-order chi connectivity index (χ0) is 8.10. The zero-order valence-corrected chi connectivity index (χ0v) is 6.03. The molecule has 11 heavy (non-hydrogen) atoms. The lowest BCUT2D eigenvalue weighted by Gasteiger charge is -1.97. The van der Waals surface area contributed by atoms with Crippen LogP contribution in [0.25, 0.3) is 5.70 Å². The van der Waals surface area contributed by atoms with E-state index in [4.69, 9.17) is 5.73 Å². The van der Waals surface area contributed by atoms with E-state index in [1.165, 1.54) is 6.08 Å². The third-order valence-corrected chi connectivity index (χ3v) is 1.35. The molecule has 0 saturated carbocycles. The number of carbonyl (C=O) groups is 1. The van der Waals surface area contributed by atoms with Gasteiger partial charge in [0.1, 0.15) is 6.29 Å². The molecule has 2 nitrogen and oxygen atoms in total. The summed E-state index contributed by atoms with van der Waals surface area (Å²) < 4.78 is 0. The van der Waals surface area contributed by atoms with E-state index >= 15 is 0 Å². The first kappa shape index (κ1) is 7.54. The van der Waals surface area contributed by atoms with Gasteiger partial charge in [0.2, 0.25) is 0 Å². The highest BCUT2D eigenvalue weighted by atomic mass is 16.1. The summed E-state index contributed by atoms with van der Waals surface area (Å²) in [5.74, 6) is 0. The van der Waals surface area contributed by atoms with Gasteiger partial charge in [0.05, 0.1) is 0 Å². The molecule has 0 saturated heterocycles. The molecule has 2 N–H and O–H groups in total. The number of rotatable bonds is 2. The Morgan fingerprint density at radius 1 is 1.27 bits per heavy atom. The van der Waals surface area contributed by atoms with E-state index in [2.05, 4.69) is 0 Å². The Morgan fingerprint density at radius 3 is 2.45 bits per heavy atom. The van der Waals surface area contributed by atoms with E-state index in [-0.39, 0.29) is 0 Å². The van der Waals surface area contributed by atoms with Gasteiger partial charge in [-0.05, 0) is 5.56 Å². The first-order valence-electron chi connectivity index (χ1n) is 3.31. The maximum atomic E-state index is 10.0. The van der Waals surface area contributed by atoms with E-state index in [0.29, 0.717) is 12.0 Å². The maximum Gasteiger partial charge on any atom is 0.144 e. The minimum atomic E-state index is 0.501. The van der Waals surface area contributed by atoms with Crippen molar-refractivity contribution in [2.45, 2.75) is 0 Å². The van der Waals surface area contributed by atoms with Crippen molar-refractivity contribution >= 4 is 12.0 Å². The number of aldehydes is 1. The zero-order valence-electron chi connectivity index (χ0n) is 6.03. The van der Waals surface area contributed by atoms with Crippen LogP contribution in [0.15, 0.2) is 36.4 Å². The largest absolute Gasteiger partial charge is 0.398 e. The number of hydrogen-bond acceptors (Lipinski definition) is 2. The summed E-state index contributed by atoms with van der Waals surface area (Å²) in [4.78, 5) is 10.0. The maximum absolute atomic E-state index is 10.0. The molecule has 1 aromatic carbocycles. The van der Waals surface area contributed by atoms with Crippen LogP contribution in [0.4, 0.5) is 0 Å². The summed E-state index contributed by atoms with van der Waals surface area (Å²) >= 11 is 0. The molecule has 0 bridgehead atoms. The molecule has 0 aliphatic heterocycles. The van der Waals surface area contributed by atoms with Gasteiger partial charge in [-0.3, -0.25) is 4.79 Å². The molecule has 0 heterocycles. The molecular formula is C9H9NO. The predicted molar refractivity (Wildman–Crippen MR) is 44.7 cm³/mol. The monoisotopic (exact) mass is 147 g/mol. The fraction of sp³-hybridized carbons (Fsp3) is 0. The number of allylic oxidation sites excluding steroid dienone is 1. The number of hydrogen-bond donors (Lipinski definition) is 1. The summed E-state index contributed by atoms with van der Waals surface area (Å²) in [7, 11) is 0. The Hall–Kier alpha value is -1.57. The lowest BCUT2D eigenvalue weighted by Crippen LogP contribution is -1.95. The van der Waals surface area contributed by atoms with Crippen molar-refractivity contribution < 1.29 is 4.79 Å². The van der Waals surface area contributed by atoms with Gasteiger partial charge in [0.15, 0.2) is 0 Å². The van der Waals surface area contributed by atoms with Crippen LogP contribution in [0.2, 0.25) is 0 Å². The first-order valence-corrected chi connectivity index (χ1v) is 3.31. The van der Waals surface area contributed by atoms with Gasteiger partial charge >= 0.3 is 0 Å². The summed E-state index contributed by atoms with van der Waals surface area (Å²) in [6.07, 6.45) is 2.03. The molecule has 1 rings (SSSR count). The Morgan fingerprint density at radius 2 is 1.91 bits per heavy atom. The van der Waals surface area contributed by atoms with Crippen molar-refractivity contribution in [3.63, 3.8) is 0 Å². The molecule has 0 radical (unpaired) electrons. The Labute approximate surface area is 65.3 Å². The molecule has 0 atom stereocenters. The highest BCUT2D eigenvalue weighted by Gasteiger charge is 1.91. The molecule has 0 aliphatic rings. The Bertz CT molecular complexity index is 264. The lowest BCUT2D eigenvalue weighted by molar-refractivity contribution is -0.104. The van der Waals surface area contributed by atoms with Crippen LogP contribution < -0.4 is 5.73 Å². The van der Waals surface area contributed by atoms with Crippen molar-refractivity contribution in [3.8, 4) is 0 Å². The molecule has 0 fully saturated rings. The fourth-order valence-electron chi connectivity index (χ4n) is 0.800. The van der Waals surface area contributed by atoms with Crippen molar-refractivity contribution in [3.05, 3.63) is 42.0 Å². The number of carbonyl (C=O) groups excluding carboxylic acids is 1. The highest BCUT2D eigenvalue weighted by molar-refractivity contribution is 5.79. The topological polar surface area (TPSA) is 43.1 Å².